The van der Waals surface area contributed by atoms with Crippen LogP contribution in [-0.2, 0) is 11.8 Å². The van der Waals surface area contributed by atoms with Crippen molar-refractivity contribution in [2.75, 3.05) is 13.7 Å². The number of nitrogens with two attached hydrogens (primary N) is 1. The Bertz CT molecular complexity index is 363. The molecule has 1 aromatic rings. The summed E-state index contributed by atoms with van der Waals surface area (Å²) in [5.41, 5.74) is 8.88. The number of rotatable bonds is 4. The van der Waals surface area contributed by atoms with Crippen LogP contribution in [0.25, 0.3) is 0 Å². The van der Waals surface area contributed by atoms with Crippen LogP contribution in [-0.4, -0.2) is 13.7 Å². The summed E-state index contributed by atoms with van der Waals surface area (Å²) < 4.78 is 5.36. The SMILES string of the molecule is CCc1cc(C2(CN)CCC2)ccc1OC. The van der Waals surface area contributed by atoms with Crippen LogP contribution in [0.2, 0.25) is 0 Å². The summed E-state index contributed by atoms with van der Waals surface area (Å²) in [5, 5.41) is 0. The van der Waals surface area contributed by atoms with Gasteiger partial charge in [0.05, 0.1) is 7.11 Å². The standard InChI is InChI=1S/C14H21NO/c1-3-11-9-12(5-6-13(11)16-2)14(10-15)7-4-8-14/h5-6,9H,3-4,7-8,10,15H2,1-2H3. The lowest BCUT2D eigenvalue weighted by atomic mass is 9.64. The highest BCUT2D eigenvalue weighted by molar-refractivity contribution is 5.41. The summed E-state index contributed by atoms with van der Waals surface area (Å²) in [6.45, 7) is 2.93. The average Bonchev–Trinajstić information content (AvgIpc) is 2.28. The van der Waals surface area contributed by atoms with Crippen LogP contribution in [0.15, 0.2) is 18.2 Å². The van der Waals surface area contributed by atoms with Crippen LogP contribution in [0.5, 0.6) is 5.75 Å². The Morgan fingerprint density at radius 2 is 2.12 bits per heavy atom. The van der Waals surface area contributed by atoms with Crippen molar-refractivity contribution >= 4 is 0 Å². The maximum absolute atomic E-state index is 5.93. The van der Waals surface area contributed by atoms with E-state index in [-0.39, 0.29) is 5.41 Å². The fourth-order valence-electron chi connectivity index (χ4n) is 2.60. The lowest BCUT2D eigenvalue weighted by Gasteiger charge is -2.41. The van der Waals surface area contributed by atoms with Crippen LogP contribution in [0.1, 0.15) is 37.3 Å². The van der Waals surface area contributed by atoms with Gasteiger partial charge in [0.2, 0.25) is 0 Å². The molecule has 2 rings (SSSR count). The van der Waals surface area contributed by atoms with Crippen molar-refractivity contribution < 1.29 is 4.74 Å². The summed E-state index contributed by atoms with van der Waals surface area (Å²) in [4.78, 5) is 0. The highest BCUT2D eigenvalue weighted by Gasteiger charge is 2.37. The van der Waals surface area contributed by atoms with Crippen molar-refractivity contribution in [1.82, 2.24) is 0 Å². The van der Waals surface area contributed by atoms with E-state index < -0.39 is 0 Å². The largest absolute Gasteiger partial charge is 0.496 e. The Labute approximate surface area is 97.8 Å². The average molecular weight is 219 g/mol. The molecule has 0 atom stereocenters. The molecular formula is C14H21NO. The maximum atomic E-state index is 5.93. The van der Waals surface area contributed by atoms with E-state index in [1.54, 1.807) is 7.11 Å². The van der Waals surface area contributed by atoms with Crippen molar-refractivity contribution in [1.29, 1.82) is 0 Å². The van der Waals surface area contributed by atoms with Crippen molar-refractivity contribution in [3.63, 3.8) is 0 Å². The molecule has 1 aliphatic carbocycles. The predicted octanol–water partition coefficient (Wildman–Crippen LogP) is 2.64. The van der Waals surface area contributed by atoms with E-state index in [9.17, 15) is 0 Å². The summed E-state index contributed by atoms with van der Waals surface area (Å²) in [6, 6.07) is 6.55. The molecule has 1 aliphatic rings. The molecule has 0 aliphatic heterocycles. The van der Waals surface area contributed by atoms with Gasteiger partial charge >= 0.3 is 0 Å². The quantitative estimate of drug-likeness (QED) is 0.845. The van der Waals surface area contributed by atoms with Gasteiger partial charge in [-0.25, -0.2) is 0 Å². The molecule has 0 spiro atoms. The number of benzene rings is 1. The van der Waals surface area contributed by atoms with Crippen LogP contribution in [0, 0.1) is 0 Å². The molecule has 1 aromatic carbocycles. The van der Waals surface area contributed by atoms with Gasteiger partial charge in [0.25, 0.3) is 0 Å². The second-order valence-electron chi connectivity index (χ2n) is 4.72. The first kappa shape index (κ1) is 11.5. The molecule has 0 unspecified atom stereocenters. The monoisotopic (exact) mass is 219 g/mol. The highest BCUT2D eigenvalue weighted by Crippen LogP contribution is 2.43. The summed E-state index contributed by atoms with van der Waals surface area (Å²) in [5.74, 6) is 0.998. The number of aryl methyl sites for hydroxylation is 1. The van der Waals surface area contributed by atoms with Crippen molar-refractivity contribution in [2.24, 2.45) is 5.73 Å². The van der Waals surface area contributed by atoms with Crippen molar-refractivity contribution in [3.8, 4) is 5.75 Å². The molecule has 2 N–H and O–H groups in total. The van der Waals surface area contributed by atoms with Gasteiger partial charge in [-0.05, 0) is 36.5 Å². The summed E-state index contributed by atoms with van der Waals surface area (Å²) in [7, 11) is 1.73. The topological polar surface area (TPSA) is 35.2 Å². The minimum atomic E-state index is 0.260. The van der Waals surface area contributed by atoms with E-state index in [4.69, 9.17) is 10.5 Å². The van der Waals surface area contributed by atoms with E-state index in [0.717, 1.165) is 18.7 Å². The third-order valence-corrected chi connectivity index (χ3v) is 3.98. The van der Waals surface area contributed by atoms with Gasteiger partial charge in [-0.15, -0.1) is 0 Å². The lowest BCUT2D eigenvalue weighted by Crippen LogP contribution is -2.41. The molecule has 2 heteroatoms. The van der Waals surface area contributed by atoms with E-state index in [0.29, 0.717) is 0 Å². The Balaban J connectivity index is 2.35. The second kappa shape index (κ2) is 4.46. The maximum Gasteiger partial charge on any atom is 0.122 e. The van der Waals surface area contributed by atoms with E-state index in [2.05, 4.69) is 25.1 Å². The fraction of sp³-hybridized carbons (Fsp3) is 0.571. The fourth-order valence-corrected chi connectivity index (χ4v) is 2.60. The number of hydrogen-bond donors (Lipinski definition) is 1. The van der Waals surface area contributed by atoms with E-state index >= 15 is 0 Å². The number of hydrogen-bond acceptors (Lipinski definition) is 2. The minimum Gasteiger partial charge on any atom is -0.496 e. The van der Waals surface area contributed by atoms with Gasteiger partial charge in [0.1, 0.15) is 5.75 Å². The second-order valence-corrected chi connectivity index (χ2v) is 4.72. The van der Waals surface area contributed by atoms with Crippen LogP contribution < -0.4 is 10.5 Å². The summed E-state index contributed by atoms with van der Waals surface area (Å²) in [6.07, 6.45) is 4.79. The molecule has 0 amide bonds. The normalized spacial score (nSPS) is 17.9. The predicted molar refractivity (Wildman–Crippen MR) is 67.0 cm³/mol. The molecule has 16 heavy (non-hydrogen) atoms. The third kappa shape index (κ3) is 1.71. The summed E-state index contributed by atoms with van der Waals surface area (Å²) >= 11 is 0. The molecule has 88 valence electrons. The molecular weight excluding hydrogens is 198 g/mol. The van der Waals surface area contributed by atoms with Crippen LogP contribution >= 0.6 is 0 Å². The zero-order valence-electron chi connectivity index (χ0n) is 10.3. The molecule has 1 fully saturated rings. The Morgan fingerprint density at radius 3 is 2.56 bits per heavy atom. The van der Waals surface area contributed by atoms with Gasteiger partial charge in [-0.1, -0.05) is 25.5 Å². The molecule has 0 aromatic heterocycles. The zero-order chi connectivity index (χ0) is 11.6. The van der Waals surface area contributed by atoms with E-state index in [1.807, 2.05) is 0 Å². The smallest absolute Gasteiger partial charge is 0.122 e. The van der Waals surface area contributed by atoms with Gasteiger partial charge < -0.3 is 10.5 Å². The van der Waals surface area contributed by atoms with Crippen LogP contribution in [0.3, 0.4) is 0 Å². The van der Waals surface area contributed by atoms with Gasteiger partial charge in [-0.2, -0.15) is 0 Å². The molecule has 0 saturated heterocycles. The first-order valence-electron chi connectivity index (χ1n) is 6.13. The van der Waals surface area contributed by atoms with Crippen LogP contribution in [0.4, 0.5) is 0 Å². The molecule has 0 radical (unpaired) electrons. The molecule has 2 nitrogen and oxygen atoms in total. The Kier molecular flexibility index (Phi) is 3.20. The van der Waals surface area contributed by atoms with E-state index in [1.165, 1.54) is 30.4 Å². The van der Waals surface area contributed by atoms with Crippen molar-refractivity contribution in [2.45, 2.75) is 38.0 Å². The van der Waals surface area contributed by atoms with Crippen molar-refractivity contribution in [3.05, 3.63) is 29.3 Å². The number of ether oxygens (including phenoxy) is 1. The van der Waals surface area contributed by atoms with Gasteiger partial charge in [0, 0.05) is 12.0 Å². The highest BCUT2D eigenvalue weighted by atomic mass is 16.5. The zero-order valence-corrected chi connectivity index (χ0v) is 10.3. The first-order valence-corrected chi connectivity index (χ1v) is 6.13. The first-order chi connectivity index (χ1) is 7.75. The van der Waals surface area contributed by atoms with Gasteiger partial charge in [0.15, 0.2) is 0 Å². The molecule has 1 saturated carbocycles. The van der Waals surface area contributed by atoms with Gasteiger partial charge in [-0.3, -0.25) is 0 Å². The minimum absolute atomic E-state index is 0.260. The third-order valence-electron chi connectivity index (χ3n) is 3.98. The Hall–Kier alpha value is -1.02. The molecule has 0 bridgehead atoms. The lowest BCUT2D eigenvalue weighted by molar-refractivity contribution is 0.252. The molecule has 0 heterocycles. The number of methoxy groups -OCH3 is 1. The Morgan fingerprint density at radius 1 is 1.38 bits per heavy atom.